The fraction of sp³-hybridized carbons (Fsp3) is 0.278. The third-order valence-corrected chi connectivity index (χ3v) is 3.27. The van der Waals surface area contributed by atoms with E-state index in [4.69, 9.17) is 9.47 Å². The first-order valence-electron chi connectivity index (χ1n) is 7.40. The predicted octanol–water partition coefficient (Wildman–Crippen LogP) is 4.27. The van der Waals surface area contributed by atoms with E-state index in [1.807, 2.05) is 13.8 Å². The summed E-state index contributed by atoms with van der Waals surface area (Å²) in [5.74, 6) is -2.05. The zero-order valence-electron chi connectivity index (χ0n) is 13.0. The molecule has 122 valence electrons. The topological polar surface area (TPSA) is 35.5 Å². The number of hydrogen-bond donors (Lipinski definition) is 0. The smallest absolute Gasteiger partial charge is 0.196 e. The van der Waals surface area contributed by atoms with Crippen LogP contribution < -0.4 is 0 Å². The Labute approximate surface area is 133 Å². The van der Waals surface area contributed by atoms with Crippen molar-refractivity contribution in [2.24, 2.45) is 0 Å². The quantitative estimate of drug-likeness (QED) is 0.564. The average Bonchev–Trinajstić information content (AvgIpc) is 2.56. The summed E-state index contributed by atoms with van der Waals surface area (Å²) in [6.07, 6.45) is -0.734. The molecule has 23 heavy (non-hydrogen) atoms. The van der Waals surface area contributed by atoms with E-state index in [9.17, 15) is 13.6 Å². The van der Waals surface area contributed by atoms with Crippen molar-refractivity contribution in [1.29, 1.82) is 0 Å². The van der Waals surface area contributed by atoms with Gasteiger partial charge >= 0.3 is 0 Å². The first-order valence-corrected chi connectivity index (χ1v) is 7.40. The van der Waals surface area contributed by atoms with E-state index in [0.29, 0.717) is 18.8 Å². The molecule has 2 rings (SSSR count). The van der Waals surface area contributed by atoms with Crippen molar-refractivity contribution in [3.05, 3.63) is 70.8 Å². The standard InChI is InChI=1S/C18H18F2O3/c1-3-22-18(23-4-2)14-8-6-5-7-13(14)17(21)15-11-12(19)9-10-16(15)20/h5-11,18H,3-4H2,1-2H3. The molecule has 2 aromatic rings. The second-order valence-corrected chi connectivity index (χ2v) is 4.78. The van der Waals surface area contributed by atoms with Gasteiger partial charge in [0.2, 0.25) is 0 Å². The molecular weight excluding hydrogens is 302 g/mol. The second kappa shape index (κ2) is 7.94. The van der Waals surface area contributed by atoms with Crippen LogP contribution in [0.3, 0.4) is 0 Å². The van der Waals surface area contributed by atoms with Crippen LogP contribution in [0, 0.1) is 11.6 Å². The number of hydrogen-bond acceptors (Lipinski definition) is 3. The van der Waals surface area contributed by atoms with Crippen LogP contribution in [0.2, 0.25) is 0 Å². The Balaban J connectivity index is 2.46. The maximum absolute atomic E-state index is 13.9. The molecule has 0 saturated heterocycles. The maximum atomic E-state index is 13.9. The SMILES string of the molecule is CCOC(OCC)c1ccccc1C(=O)c1cc(F)ccc1F. The lowest BCUT2D eigenvalue weighted by Crippen LogP contribution is -2.15. The predicted molar refractivity (Wildman–Crippen MR) is 82.2 cm³/mol. The van der Waals surface area contributed by atoms with Crippen molar-refractivity contribution in [2.75, 3.05) is 13.2 Å². The van der Waals surface area contributed by atoms with E-state index >= 15 is 0 Å². The Morgan fingerprint density at radius 1 is 1.00 bits per heavy atom. The molecule has 0 bridgehead atoms. The van der Waals surface area contributed by atoms with Crippen molar-refractivity contribution in [1.82, 2.24) is 0 Å². The largest absolute Gasteiger partial charge is 0.349 e. The highest BCUT2D eigenvalue weighted by molar-refractivity contribution is 6.10. The first kappa shape index (κ1) is 17.2. The molecule has 0 saturated carbocycles. The number of carbonyl (C=O) groups is 1. The van der Waals surface area contributed by atoms with E-state index in [0.717, 1.165) is 18.2 Å². The van der Waals surface area contributed by atoms with Crippen molar-refractivity contribution in [3.63, 3.8) is 0 Å². The van der Waals surface area contributed by atoms with Crippen LogP contribution in [0.5, 0.6) is 0 Å². The van der Waals surface area contributed by atoms with Gasteiger partial charge in [-0.15, -0.1) is 0 Å². The average molecular weight is 320 g/mol. The summed E-state index contributed by atoms with van der Waals surface area (Å²) in [5, 5.41) is 0. The summed E-state index contributed by atoms with van der Waals surface area (Å²) in [4.78, 5) is 12.6. The number of benzene rings is 2. The summed E-state index contributed by atoms with van der Waals surface area (Å²) in [5.41, 5.74) is 0.401. The van der Waals surface area contributed by atoms with Crippen LogP contribution >= 0.6 is 0 Å². The Hall–Kier alpha value is -2.11. The van der Waals surface area contributed by atoms with Gasteiger partial charge in [-0.2, -0.15) is 0 Å². The molecular formula is C18H18F2O3. The number of halogens is 2. The van der Waals surface area contributed by atoms with Gasteiger partial charge in [0, 0.05) is 24.3 Å². The van der Waals surface area contributed by atoms with Crippen molar-refractivity contribution >= 4 is 5.78 Å². The van der Waals surface area contributed by atoms with Crippen LogP contribution in [-0.4, -0.2) is 19.0 Å². The minimum absolute atomic E-state index is 0.226. The highest BCUT2D eigenvalue weighted by Gasteiger charge is 2.22. The summed E-state index contributed by atoms with van der Waals surface area (Å²) in [6.45, 7) is 4.40. The lowest BCUT2D eigenvalue weighted by Gasteiger charge is -2.20. The molecule has 5 heteroatoms. The van der Waals surface area contributed by atoms with Gasteiger partial charge < -0.3 is 9.47 Å². The Morgan fingerprint density at radius 2 is 1.65 bits per heavy atom. The molecule has 0 spiro atoms. The maximum Gasteiger partial charge on any atom is 0.196 e. The minimum atomic E-state index is -0.768. The third kappa shape index (κ3) is 4.00. The Bertz CT molecular complexity index is 680. The van der Waals surface area contributed by atoms with Crippen LogP contribution in [0.1, 0.15) is 41.6 Å². The van der Waals surface area contributed by atoms with E-state index < -0.39 is 23.7 Å². The van der Waals surface area contributed by atoms with Gasteiger partial charge in [-0.1, -0.05) is 24.3 Å². The molecule has 0 radical (unpaired) electrons. The van der Waals surface area contributed by atoms with Crippen LogP contribution in [0.15, 0.2) is 42.5 Å². The van der Waals surface area contributed by atoms with Crippen LogP contribution in [-0.2, 0) is 9.47 Å². The Kier molecular flexibility index (Phi) is 5.96. The molecule has 0 aliphatic heterocycles. The number of carbonyl (C=O) groups excluding carboxylic acids is 1. The molecule has 3 nitrogen and oxygen atoms in total. The minimum Gasteiger partial charge on any atom is -0.349 e. The molecule has 0 aliphatic carbocycles. The fourth-order valence-electron chi connectivity index (χ4n) is 2.26. The normalized spacial score (nSPS) is 11.0. The number of ketones is 1. The summed E-state index contributed by atoms with van der Waals surface area (Å²) in [6, 6.07) is 9.43. The van der Waals surface area contributed by atoms with E-state index in [-0.39, 0.29) is 11.1 Å². The Morgan fingerprint density at radius 3 is 2.30 bits per heavy atom. The second-order valence-electron chi connectivity index (χ2n) is 4.78. The van der Waals surface area contributed by atoms with Gasteiger partial charge in [0.05, 0.1) is 5.56 Å². The lowest BCUT2D eigenvalue weighted by atomic mass is 9.97. The summed E-state index contributed by atoms with van der Waals surface area (Å²) < 4.78 is 38.3. The van der Waals surface area contributed by atoms with E-state index in [2.05, 4.69) is 0 Å². The summed E-state index contributed by atoms with van der Waals surface area (Å²) >= 11 is 0. The van der Waals surface area contributed by atoms with Gasteiger partial charge in [0.15, 0.2) is 12.1 Å². The van der Waals surface area contributed by atoms with E-state index in [1.54, 1.807) is 24.3 Å². The van der Waals surface area contributed by atoms with Crippen LogP contribution in [0.25, 0.3) is 0 Å². The monoisotopic (exact) mass is 320 g/mol. The van der Waals surface area contributed by atoms with Gasteiger partial charge in [0.25, 0.3) is 0 Å². The molecule has 0 amide bonds. The molecule has 0 atom stereocenters. The fourth-order valence-corrected chi connectivity index (χ4v) is 2.26. The molecule has 0 N–H and O–H groups in total. The summed E-state index contributed by atoms with van der Waals surface area (Å²) in [7, 11) is 0. The number of rotatable bonds is 7. The highest BCUT2D eigenvalue weighted by atomic mass is 19.1. The molecule has 2 aromatic carbocycles. The highest BCUT2D eigenvalue weighted by Crippen LogP contribution is 2.26. The lowest BCUT2D eigenvalue weighted by molar-refractivity contribution is -0.140. The first-order chi connectivity index (χ1) is 11.1. The zero-order chi connectivity index (χ0) is 16.8. The zero-order valence-corrected chi connectivity index (χ0v) is 13.0. The van der Waals surface area contributed by atoms with Crippen LogP contribution in [0.4, 0.5) is 8.78 Å². The molecule has 0 fully saturated rings. The van der Waals surface area contributed by atoms with Gasteiger partial charge in [0.1, 0.15) is 11.6 Å². The van der Waals surface area contributed by atoms with Crippen molar-refractivity contribution < 1.29 is 23.0 Å². The molecule has 0 unspecified atom stereocenters. The van der Waals surface area contributed by atoms with E-state index in [1.165, 1.54) is 0 Å². The van der Waals surface area contributed by atoms with Gasteiger partial charge in [-0.25, -0.2) is 8.78 Å². The third-order valence-electron chi connectivity index (χ3n) is 3.27. The molecule has 0 heterocycles. The van der Waals surface area contributed by atoms with Gasteiger partial charge in [-0.3, -0.25) is 4.79 Å². The molecule has 0 aliphatic rings. The van der Waals surface area contributed by atoms with Crippen molar-refractivity contribution in [3.8, 4) is 0 Å². The number of ether oxygens (including phenoxy) is 2. The molecule has 0 aromatic heterocycles. The van der Waals surface area contributed by atoms with Gasteiger partial charge in [-0.05, 0) is 32.0 Å². The van der Waals surface area contributed by atoms with Crippen molar-refractivity contribution in [2.45, 2.75) is 20.1 Å².